The molecule has 0 radical (unpaired) electrons. The summed E-state index contributed by atoms with van der Waals surface area (Å²) in [5, 5.41) is 28.6. The highest BCUT2D eigenvalue weighted by Gasteiger charge is 2.54. The standard InChI is InChI=1S/C21H24N4O5/c1-11(26)23-6-7-25-20(28)14-9-13(14)19(24-25)29-17-15-8-12(10-22)4-5-16(15)30-21(2,3)18(17)27/h4-5,8,13-14,17-18,27H,6-7,9H2,1-3H3,(H,23,26). The molecule has 2 N–H and O–H groups in total. The molecule has 3 aliphatic rings. The number of ether oxygens (including phenoxy) is 2. The topological polar surface area (TPSA) is 124 Å². The van der Waals surface area contributed by atoms with Crippen LogP contribution < -0.4 is 10.1 Å². The van der Waals surface area contributed by atoms with Gasteiger partial charge in [-0.2, -0.15) is 5.26 Å². The molecule has 4 rings (SSSR count). The highest BCUT2D eigenvalue weighted by atomic mass is 16.5. The van der Waals surface area contributed by atoms with Crippen molar-refractivity contribution in [3.8, 4) is 11.8 Å². The smallest absolute Gasteiger partial charge is 0.246 e. The molecule has 0 aromatic heterocycles. The molecule has 9 nitrogen and oxygen atoms in total. The lowest BCUT2D eigenvalue weighted by atomic mass is 9.87. The maximum Gasteiger partial charge on any atom is 0.246 e. The van der Waals surface area contributed by atoms with E-state index in [1.807, 2.05) is 0 Å². The van der Waals surface area contributed by atoms with Crippen molar-refractivity contribution in [1.29, 1.82) is 5.26 Å². The Morgan fingerprint density at radius 3 is 2.93 bits per heavy atom. The summed E-state index contributed by atoms with van der Waals surface area (Å²) in [6.07, 6.45) is -1.16. The quantitative estimate of drug-likeness (QED) is 0.762. The normalized spacial score (nSPS) is 28.3. The van der Waals surface area contributed by atoms with E-state index in [9.17, 15) is 20.0 Å². The molecular weight excluding hydrogens is 388 g/mol. The minimum Gasteiger partial charge on any atom is -0.485 e. The van der Waals surface area contributed by atoms with E-state index in [4.69, 9.17) is 9.47 Å². The molecule has 158 valence electrons. The third kappa shape index (κ3) is 3.59. The monoisotopic (exact) mass is 412 g/mol. The molecule has 0 bridgehead atoms. The minimum atomic E-state index is -1.01. The molecule has 1 saturated carbocycles. The highest BCUT2D eigenvalue weighted by Crippen LogP contribution is 2.48. The largest absolute Gasteiger partial charge is 0.485 e. The number of amides is 2. The lowest BCUT2D eigenvalue weighted by Crippen LogP contribution is -2.50. The average Bonchev–Trinajstić information content (AvgIpc) is 3.49. The van der Waals surface area contributed by atoms with E-state index in [-0.39, 0.29) is 36.7 Å². The number of carbonyl (C=O) groups excluding carboxylic acids is 2. The van der Waals surface area contributed by atoms with E-state index in [1.165, 1.54) is 11.9 Å². The van der Waals surface area contributed by atoms with Gasteiger partial charge in [-0.25, -0.2) is 5.01 Å². The summed E-state index contributed by atoms with van der Waals surface area (Å²) >= 11 is 0. The first-order valence-electron chi connectivity index (χ1n) is 9.93. The number of nitrogens with zero attached hydrogens (tertiary/aromatic N) is 3. The number of benzene rings is 1. The Bertz CT molecular complexity index is 967. The lowest BCUT2D eigenvalue weighted by molar-refractivity contribution is -0.135. The van der Waals surface area contributed by atoms with E-state index in [0.717, 1.165) is 0 Å². The molecule has 2 amide bonds. The van der Waals surface area contributed by atoms with Crippen molar-refractivity contribution >= 4 is 17.7 Å². The zero-order chi connectivity index (χ0) is 21.6. The van der Waals surface area contributed by atoms with E-state index < -0.39 is 17.8 Å². The summed E-state index contributed by atoms with van der Waals surface area (Å²) in [7, 11) is 0. The van der Waals surface area contributed by atoms with Crippen LogP contribution in [0.1, 0.15) is 44.4 Å². The Hall–Kier alpha value is -3.12. The van der Waals surface area contributed by atoms with Gasteiger partial charge < -0.3 is 19.9 Å². The first kappa shape index (κ1) is 20.2. The van der Waals surface area contributed by atoms with Gasteiger partial charge in [-0.3, -0.25) is 9.59 Å². The third-order valence-corrected chi connectivity index (χ3v) is 5.66. The van der Waals surface area contributed by atoms with E-state index >= 15 is 0 Å². The first-order chi connectivity index (χ1) is 14.2. The van der Waals surface area contributed by atoms with E-state index in [1.54, 1.807) is 32.0 Å². The van der Waals surface area contributed by atoms with Crippen molar-refractivity contribution in [1.82, 2.24) is 10.3 Å². The lowest BCUT2D eigenvalue weighted by Gasteiger charge is -2.42. The van der Waals surface area contributed by atoms with Gasteiger partial charge in [-0.1, -0.05) is 0 Å². The second-order valence-electron chi connectivity index (χ2n) is 8.38. The van der Waals surface area contributed by atoms with Gasteiger partial charge in [0.15, 0.2) is 6.10 Å². The molecule has 1 fully saturated rings. The summed E-state index contributed by atoms with van der Waals surface area (Å²) in [5.41, 5.74) is 0.0904. The van der Waals surface area contributed by atoms with Gasteiger partial charge in [-0.15, -0.1) is 5.10 Å². The minimum absolute atomic E-state index is 0.0854. The number of hydrogen-bond donors (Lipinski definition) is 2. The molecular formula is C21H24N4O5. The molecule has 9 heteroatoms. The van der Waals surface area contributed by atoms with Crippen LogP contribution in [-0.4, -0.2) is 52.6 Å². The Balaban J connectivity index is 1.61. The van der Waals surface area contributed by atoms with Crippen molar-refractivity contribution in [2.45, 2.75) is 45.0 Å². The zero-order valence-corrected chi connectivity index (χ0v) is 17.1. The summed E-state index contributed by atoms with van der Waals surface area (Å²) in [5.74, 6) is 0.355. The second-order valence-corrected chi connectivity index (χ2v) is 8.38. The van der Waals surface area contributed by atoms with Crippen LogP contribution in [0.15, 0.2) is 23.3 Å². The number of hydrogen-bond acceptors (Lipinski definition) is 7. The Labute approximate surface area is 174 Å². The number of aliphatic hydroxyl groups is 1. The van der Waals surface area contributed by atoms with Gasteiger partial charge in [0.05, 0.1) is 24.1 Å². The zero-order valence-electron chi connectivity index (χ0n) is 17.1. The van der Waals surface area contributed by atoms with Crippen molar-refractivity contribution in [2.24, 2.45) is 16.9 Å². The van der Waals surface area contributed by atoms with Crippen LogP contribution in [0.4, 0.5) is 0 Å². The van der Waals surface area contributed by atoms with Crippen molar-refractivity contribution < 1.29 is 24.2 Å². The number of nitrogens with one attached hydrogen (secondary N) is 1. The van der Waals surface area contributed by atoms with Crippen LogP contribution in [0, 0.1) is 23.2 Å². The summed E-state index contributed by atoms with van der Waals surface area (Å²) in [4.78, 5) is 23.6. The number of hydrazone groups is 1. The van der Waals surface area contributed by atoms with Gasteiger partial charge in [0.25, 0.3) is 0 Å². The Morgan fingerprint density at radius 1 is 1.47 bits per heavy atom. The van der Waals surface area contributed by atoms with E-state index in [2.05, 4.69) is 16.5 Å². The number of carbonyl (C=O) groups is 2. The van der Waals surface area contributed by atoms with Crippen LogP contribution >= 0.6 is 0 Å². The van der Waals surface area contributed by atoms with E-state index in [0.29, 0.717) is 29.2 Å². The molecule has 4 atom stereocenters. The van der Waals surface area contributed by atoms with Crippen molar-refractivity contribution in [3.63, 3.8) is 0 Å². The molecule has 1 aromatic rings. The number of fused-ring (bicyclic) bond motifs is 2. The van der Waals surface area contributed by atoms with Gasteiger partial charge in [0, 0.05) is 24.9 Å². The molecule has 2 aliphatic heterocycles. The van der Waals surface area contributed by atoms with Crippen LogP contribution in [0.2, 0.25) is 0 Å². The predicted molar refractivity (Wildman–Crippen MR) is 105 cm³/mol. The SMILES string of the molecule is CC(=O)NCCN1N=C(OC2c3cc(C#N)ccc3OC(C)(C)C2O)C2CC2C1=O. The average molecular weight is 412 g/mol. The Kier molecular flexibility index (Phi) is 4.90. The van der Waals surface area contributed by atoms with Crippen molar-refractivity contribution in [2.75, 3.05) is 13.1 Å². The van der Waals surface area contributed by atoms with Gasteiger partial charge in [-0.05, 0) is 38.5 Å². The fourth-order valence-electron chi connectivity index (χ4n) is 3.85. The van der Waals surface area contributed by atoms with Crippen LogP contribution in [0.3, 0.4) is 0 Å². The molecule has 1 aromatic carbocycles. The molecule has 30 heavy (non-hydrogen) atoms. The fourth-order valence-corrected chi connectivity index (χ4v) is 3.85. The first-order valence-corrected chi connectivity index (χ1v) is 9.93. The van der Waals surface area contributed by atoms with Crippen LogP contribution in [0.25, 0.3) is 0 Å². The maximum absolute atomic E-state index is 12.5. The molecule has 0 saturated heterocycles. The van der Waals surface area contributed by atoms with Gasteiger partial charge >= 0.3 is 0 Å². The second kappa shape index (κ2) is 7.29. The number of aliphatic hydroxyl groups excluding tert-OH is 1. The summed E-state index contributed by atoms with van der Waals surface area (Å²) in [6, 6.07) is 7.09. The highest BCUT2D eigenvalue weighted by molar-refractivity contribution is 5.96. The van der Waals surface area contributed by atoms with Crippen molar-refractivity contribution in [3.05, 3.63) is 29.3 Å². The molecule has 4 unspecified atom stereocenters. The predicted octanol–water partition coefficient (Wildman–Crippen LogP) is 1.08. The molecule has 2 heterocycles. The van der Waals surface area contributed by atoms with Gasteiger partial charge in [0.2, 0.25) is 17.7 Å². The summed E-state index contributed by atoms with van der Waals surface area (Å²) < 4.78 is 12.1. The fraction of sp³-hybridized carbons (Fsp3) is 0.524. The number of nitriles is 1. The van der Waals surface area contributed by atoms with Crippen LogP contribution in [0.5, 0.6) is 5.75 Å². The maximum atomic E-state index is 12.5. The third-order valence-electron chi connectivity index (χ3n) is 5.66. The molecule has 1 aliphatic carbocycles. The number of rotatable bonds is 4. The Morgan fingerprint density at radius 2 is 2.23 bits per heavy atom. The van der Waals surface area contributed by atoms with Gasteiger partial charge in [0.1, 0.15) is 17.5 Å². The summed E-state index contributed by atoms with van der Waals surface area (Å²) in [6.45, 7) is 5.47. The van der Waals surface area contributed by atoms with Crippen LogP contribution in [-0.2, 0) is 14.3 Å². The molecule has 0 spiro atoms.